The van der Waals surface area contributed by atoms with Crippen LogP contribution < -0.4 is 0 Å². The van der Waals surface area contributed by atoms with Gasteiger partial charge in [0.1, 0.15) is 0 Å². The Morgan fingerprint density at radius 1 is 1.26 bits per heavy atom. The minimum absolute atomic E-state index is 0.0843. The van der Waals surface area contributed by atoms with Crippen molar-refractivity contribution in [1.29, 1.82) is 0 Å². The summed E-state index contributed by atoms with van der Waals surface area (Å²) in [7, 11) is -3.14. The molecule has 5 heteroatoms. The normalized spacial score (nSPS) is 16.7. The summed E-state index contributed by atoms with van der Waals surface area (Å²) in [6.45, 7) is 9.58. The summed E-state index contributed by atoms with van der Waals surface area (Å²) in [4.78, 5) is 3.48. The molecule has 1 aliphatic heterocycles. The van der Waals surface area contributed by atoms with E-state index in [4.69, 9.17) is 0 Å². The van der Waals surface area contributed by atoms with Crippen LogP contribution in [-0.4, -0.2) is 30.0 Å². The van der Waals surface area contributed by atoms with Crippen LogP contribution in [0.5, 0.6) is 0 Å². The van der Waals surface area contributed by atoms with Gasteiger partial charge in [0.15, 0.2) is 0 Å². The molecule has 0 aliphatic carbocycles. The van der Waals surface area contributed by atoms with E-state index >= 15 is 0 Å². The molecule has 1 aromatic heterocycles. The number of sulfonamides is 1. The molecule has 0 radical (unpaired) electrons. The van der Waals surface area contributed by atoms with E-state index in [0.29, 0.717) is 19.5 Å². The second kappa shape index (κ2) is 5.64. The largest absolute Gasteiger partial charge is 0.358 e. The van der Waals surface area contributed by atoms with Gasteiger partial charge in [0, 0.05) is 36.1 Å². The van der Waals surface area contributed by atoms with Crippen LogP contribution in [0.1, 0.15) is 50.9 Å². The molecule has 126 valence electrons. The predicted molar refractivity (Wildman–Crippen MR) is 95.2 cm³/mol. The number of H-pyrrole nitrogens is 1. The highest BCUT2D eigenvalue weighted by Crippen LogP contribution is 2.32. The molecule has 2 aromatic rings. The SMILES string of the molecule is CCCS(=O)(=O)N1CCc2[nH]c3ccc(C(C)(C)C)cc3c2C1. The van der Waals surface area contributed by atoms with Crippen molar-refractivity contribution >= 4 is 20.9 Å². The van der Waals surface area contributed by atoms with E-state index in [9.17, 15) is 8.42 Å². The molecular formula is C18H26N2O2S. The monoisotopic (exact) mass is 334 g/mol. The molecule has 0 unspecified atom stereocenters. The maximum Gasteiger partial charge on any atom is 0.214 e. The van der Waals surface area contributed by atoms with Crippen LogP contribution in [-0.2, 0) is 28.4 Å². The van der Waals surface area contributed by atoms with Gasteiger partial charge in [0.2, 0.25) is 10.0 Å². The van der Waals surface area contributed by atoms with E-state index in [1.165, 1.54) is 16.6 Å². The standard InChI is InChI=1S/C18H26N2O2S/c1-5-10-23(21,22)20-9-8-17-15(12-20)14-11-13(18(2,3)4)6-7-16(14)19-17/h6-7,11,19H,5,8-10,12H2,1-4H3. The number of fused-ring (bicyclic) bond motifs is 3. The van der Waals surface area contributed by atoms with Gasteiger partial charge in [-0.25, -0.2) is 8.42 Å². The first kappa shape index (κ1) is 16.5. The van der Waals surface area contributed by atoms with Crippen LogP contribution in [0.25, 0.3) is 10.9 Å². The zero-order valence-electron chi connectivity index (χ0n) is 14.4. The highest BCUT2D eigenvalue weighted by Gasteiger charge is 2.28. The maximum atomic E-state index is 12.4. The molecule has 0 saturated carbocycles. The zero-order chi connectivity index (χ0) is 16.8. The van der Waals surface area contributed by atoms with Gasteiger partial charge in [-0.3, -0.25) is 0 Å². The molecule has 2 heterocycles. The van der Waals surface area contributed by atoms with Crippen LogP contribution in [0.4, 0.5) is 0 Å². The zero-order valence-corrected chi connectivity index (χ0v) is 15.3. The van der Waals surface area contributed by atoms with E-state index in [-0.39, 0.29) is 11.2 Å². The summed E-state index contributed by atoms with van der Waals surface area (Å²) in [5, 5.41) is 1.17. The molecule has 0 saturated heterocycles. The Hall–Kier alpha value is -1.33. The molecule has 4 nitrogen and oxygen atoms in total. The van der Waals surface area contributed by atoms with Crippen molar-refractivity contribution in [2.24, 2.45) is 0 Å². The molecule has 0 fully saturated rings. The van der Waals surface area contributed by atoms with Crippen molar-refractivity contribution in [3.63, 3.8) is 0 Å². The average Bonchev–Trinajstić information content (AvgIpc) is 2.83. The molecule has 23 heavy (non-hydrogen) atoms. The first-order valence-electron chi connectivity index (χ1n) is 8.34. The number of rotatable bonds is 3. The minimum atomic E-state index is -3.14. The summed E-state index contributed by atoms with van der Waals surface area (Å²) in [6, 6.07) is 6.51. The Bertz CT molecular complexity index is 829. The summed E-state index contributed by atoms with van der Waals surface area (Å²) < 4.78 is 26.4. The molecule has 1 aromatic carbocycles. The second-order valence-corrected chi connectivity index (χ2v) is 9.58. The number of hydrogen-bond donors (Lipinski definition) is 1. The number of nitrogens with zero attached hydrogens (tertiary/aromatic N) is 1. The van der Waals surface area contributed by atoms with Crippen molar-refractivity contribution in [2.45, 2.75) is 52.5 Å². The molecule has 1 N–H and O–H groups in total. The molecule has 3 rings (SSSR count). The number of aromatic nitrogens is 1. The van der Waals surface area contributed by atoms with Crippen LogP contribution >= 0.6 is 0 Å². The number of benzene rings is 1. The first-order chi connectivity index (χ1) is 10.7. The molecule has 0 spiro atoms. The fourth-order valence-corrected chi connectivity index (χ4v) is 4.75. The maximum absolute atomic E-state index is 12.4. The molecule has 0 atom stereocenters. The Kier molecular flexibility index (Phi) is 4.05. The van der Waals surface area contributed by atoms with Crippen LogP contribution in [0.3, 0.4) is 0 Å². The van der Waals surface area contributed by atoms with E-state index < -0.39 is 10.0 Å². The third kappa shape index (κ3) is 3.04. The molecule has 1 aliphatic rings. The van der Waals surface area contributed by atoms with Gasteiger partial charge in [-0.05, 0) is 35.1 Å². The minimum Gasteiger partial charge on any atom is -0.358 e. The smallest absolute Gasteiger partial charge is 0.214 e. The van der Waals surface area contributed by atoms with Crippen molar-refractivity contribution in [1.82, 2.24) is 9.29 Å². The Morgan fingerprint density at radius 3 is 2.65 bits per heavy atom. The highest BCUT2D eigenvalue weighted by atomic mass is 32.2. The van der Waals surface area contributed by atoms with Gasteiger partial charge in [0.05, 0.1) is 5.75 Å². The number of aromatic amines is 1. The lowest BCUT2D eigenvalue weighted by Gasteiger charge is -2.26. The molecular weight excluding hydrogens is 308 g/mol. The van der Waals surface area contributed by atoms with Gasteiger partial charge in [-0.15, -0.1) is 0 Å². The second-order valence-electron chi connectivity index (χ2n) is 7.49. The summed E-state index contributed by atoms with van der Waals surface area (Å²) >= 11 is 0. The van der Waals surface area contributed by atoms with Gasteiger partial charge in [0.25, 0.3) is 0 Å². The molecule has 0 amide bonds. The fourth-order valence-electron chi connectivity index (χ4n) is 3.28. The Balaban J connectivity index is 2.04. The van der Waals surface area contributed by atoms with Crippen molar-refractivity contribution in [3.8, 4) is 0 Å². The Morgan fingerprint density at radius 2 is 2.00 bits per heavy atom. The fraction of sp³-hybridized carbons (Fsp3) is 0.556. The van der Waals surface area contributed by atoms with E-state index in [1.807, 2.05) is 6.92 Å². The highest BCUT2D eigenvalue weighted by molar-refractivity contribution is 7.89. The van der Waals surface area contributed by atoms with Crippen molar-refractivity contribution in [2.75, 3.05) is 12.3 Å². The number of nitrogens with one attached hydrogen (secondary N) is 1. The van der Waals surface area contributed by atoms with E-state index in [2.05, 4.69) is 44.0 Å². The van der Waals surface area contributed by atoms with Gasteiger partial charge >= 0.3 is 0 Å². The molecule has 0 bridgehead atoms. The lowest BCUT2D eigenvalue weighted by atomic mass is 9.86. The summed E-state index contributed by atoms with van der Waals surface area (Å²) in [5.41, 5.74) is 4.81. The van der Waals surface area contributed by atoms with Crippen molar-refractivity contribution < 1.29 is 8.42 Å². The van der Waals surface area contributed by atoms with Crippen LogP contribution in [0.2, 0.25) is 0 Å². The van der Waals surface area contributed by atoms with Crippen LogP contribution in [0.15, 0.2) is 18.2 Å². The predicted octanol–water partition coefficient (Wildman–Crippen LogP) is 3.56. The van der Waals surface area contributed by atoms with Gasteiger partial charge in [-0.2, -0.15) is 4.31 Å². The third-order valence-corrected chi connectivity index (χ3v) is 6.68. The van der Waals surface area contributed by atoms with E-state index in [1.54, 1.807) is 4.31 Å². The quantitative estimate of drug-likeness (QED) is 0.933. The topological polar surface area (TPSA) is 53.2 Å². The lowest BCUT2D eigenvalue weighted by Crippen LogP contribution is -2.37. The van der Waals surface area contributed by atoms with E-state index in [0.717, 1.165) is 17.5 Å². The van der Waals surface area contributed by atoms with Crippen molar-refractivity contribution in [3.05, 3.63) is 35.0 Å². The first-order valence-corrected chi connectivity index (χ1v) is 9.95. The summed E-state index contributed by atoms with van der Waals surface area (Å²) in [6.07, 6.45) is 1.42. The van der Waals surface area contributed by atoms with Gasteiger partial charge in [-0.1, -0.05) is 33.8 Å². The lowest BCUT2D eigenvalue weighted by molar-refractivity contribution is 0.391. The third-order valence-electron chi connectivity index (χ3n) is 4.66. The Labute approximate surface area is 138 Å². The summed E-state index contributed by atoms with van der Waals surface area (Å²) in [5.74, 6) is 0.234. The van der Waals surface area contributed by atoms with Gasteiger partial charge < -0.3 is 4.98 Å². The number of hydrogen-bond acceptors (Lipinski definition) is 2. The van der Waals surface area contributed by atoms with Crippen LogP contribution in [0, 0.1) is 0 Å². The average molecular weight is 334 g/mol.